The van der Waals surface area contributed by atoms with E-state index in [4.69, 9.17) is 4.99 Å². The van der Waals surface area contributed by atoms with E-state index in [-0.39, 0.29) is 6.29 Å². The van der Waals surface area contributed by atoms with Crippen LogP contribution in [0.25, 0.3) is 55.4 Å². The number of para-hydroxylation sites is 1. The van der Waals surface area contributed by atoms with Crippen molar-refractivity contribution in [3.8, 4) is 0 Å². The smallest absolute Gasteiger partial charge is 0.201 e. The summed E-state index contributed by atoms with van der Waals surface area (Å²) in [6.07, 6.45) is 12.0. The van der Waals surface area contributed by atoms with Crippen molar-refractivity contribution in [3.63, 3.8) is 0 Å². The second-order valence-corrected chi connectivity index (χ2v) is 11.5. The van der Waals surface area contributed by atoms with Gasteiger partial charge in [0.25, 0.3) is 0 Å². The molecule has 6 aromatic rings. The zero-order chi connectivity index (χ0) is 28.8. The molecule has 3 heterocycles. The van der Waals surface area contributed by atoms with Crippen LogP contribution in [0.15, 0.2) is 109 Å². The maximum absolute atomic E-state index is 5.46. The first-order valence-corrected chi connectivity index (χ1v) is 15.0. The Kier molecular flexibility index (Phi) is 6.49. The molecule has 0 amide bonds. The van der Waals surface area contributed by atoms with Crippen molar-refractivity contribution in [2.45, 2.75) is 20.1 Å². The molecular formula is C38H31N3S. The average molecular weight is 562 g/mol. The standard InChI is InChI=1S/C38H31N3S/c1-5-13-27-24(7-3)19-21-33-36(27)26(8-4)32(14-6-2)41(33)38-39-31-17-11-9-16-29(31)37(40-38)25-20-22-35-30(23-25)28-15-10-12-18-34(28)42-35/h5-23,38-39H,3-4H2,1-2H3/b13-5-,14-6-. The number of fused-ring (bicyclic) bond motifs is 5. The van der Waals surface area contributed by atoms with E-state index in [1.165, 1.54) is 20.2 Å². The first-order chi connectivity index (χ1) is 20.7. The van der Waals surface area contributed by atoms with Gasteiger partial charge >= 0.3 is 0 Å². The minimum Gasteiger partial charge on any atom is -0.346 e. The summed E-state index contributed by atoms with van der Waals surface area (Å²) in [5.41, 5.74) is 9.73. The Morgan fingerprint density at radius 2 is 1.60 bits per heavy atom. The molecule has 204 valence electrons. The number of nitrogens with zero attached hydrogens (tertiary/aromatic N) is 2. The van der Waals surface area contributed by atoms with Gasteiger partial charge in [-0.15, -0.1) is 11.3 Å². The molecule has 1 atom stereocenters. The van der Waals surface area contributed by atoms with Crippen molar-refractivity contribution >= 4 is 78.1 Å². The molecule has 0 saturated carbocycles. The second kappa shape index (κ2) is 10.5. The number of hydrogen-bond acceptors (Lipinski definition) is 3. The molecule has 1 aliphatic heterocycles. The van der Waals surface area contributed by atoms with Gasteiger partial charge in [0.15, 0.2) is 0 Å². The molecule has 0 fully saturated rings. The molecule has 4 heteroatoms. The van der Waals surface area contributed by atoms with E-state index in [0.29, 0.717) is 0 Å². The van der Waals surface area contributed by atoms with E-state index >= 15 is 0 Å². The minimum atomic E-state index is -0.361. The molecule has 1 unspecified atom stereocenters. The highest BCUT2D eigenvalue weighted by Gasteiger charge is 2.27. The van der Waals surface area contributed by atoms with E-state index in [0.717, 1.165) is 55.8 Å². The zero-order valence-corrected chi connectivity index (χ0v) is 24.6. The predicted octanol–water partition coefficient (Wildman–Crippen LogP) is 10.8. The summed E-state index contributed by atoms with van der Waals surface area (Å²) < 4.78 is 4.90. The first-order valence-electron chi connectivity index (χ1n) is 14.2. The van der Waals surface area contributed by atoms with Gasteiger partial charge in [-0.2, -0.15) is 0 Å². The molecular weight excluding hydrogens is 531 g/mol. The van der Waals surface area contributed by atoms with Crippen LogP contribution in [0.3, 0.4) is 0 Å². The maximum atomic E-state index is 5.46. The van der Waals surface area contributed by atoms with Gasteiger partial charge in [-0.05, 0) is 61.4 Å². The van der Waals surface area contributed by atoms with Crippen molar-refractivity contribution in [1.82, 2.24) is 4.57 Å². The third kappa shape index (κ3) is 3.99. The minimum absolute atomic E-state index is 0.361. The molecule has 7 rings (SSSR count). The highest BCUT2D eigenvalue weighted by Crippen LogP contribution is 2.40. The summed E-state index contributed by atoms with van der Waals surface area (Å²) in [7, 11) is 0. The number of aliphatic imine (C=N–C) groups is 1. The fraction of sp³-hybridized carbons (Fsp3) is 0.0789. The lowest BCUT2D eigenvalue weighted by molar-refractivity contribution is 0.602. The molecule has 1 N–H and O–H groups in total. The highest BCUT2D eigenvalue weighted by atomic mass is 32.1. The maximum Gasteiger partial charge on any atom is 0.201 e. The Bertz CT molecular complexity index is 2130. The summed E-state index contributed by atoms with van der Waals surface area (Å²) in [5.74, 6) is 0. The number of nitrogens with one attached hydrogen (secondary N) is 1. The van der Waals surface area contributed by atoms with E-state index < -0.39 is 0 Å². The zero-order valence-electron chi connectivity index (χ0n) is 23.8. The molecule has 0 saturated heterocycles. The van der Waals surface area contributed by atoms with Gasteiger partial charge in [-0.25, -0.2) is 4.99 Å². The van der Waals surface area contributed by atoms with Crippen LogP contribution in [0.1, 0.15) is 53.6 Å². The molecule has 3 nitrogen and oxygen atoms in total. The fourth-order valence-electron chi connectivity index (χ4n) is 6.22. The van der Waals surface area contributed by atoms with Gasteiger partial charge in [0.05, 0.1) is 16.9 Å². The number of anilines is 1. The van der Waals surface area contributed by atoms with Crippen LogP contribution in [-0.2, 0) is 0 Å². The summed E-state index contributed by atoms with van der Waals surface area (Å²) in [5, 5.41) is 7.46. The Balaban J connectivity index is 1.51. The third-order valence-corrected chi connectivity index (χ3v) is 9.17. The molecule has 2 aromatic heterocycles. The van der Waals surface area contributed by atoms with Gasteiger partial charge in [0.1, 0.15) is 0 Å². The number of thiophene rings is 1. The number of aromatic nitrogens is 1. The summed E-state index contributed by atoms with van der Waals surface area (Å²) in [6, 6.07) is 28.2. The lowest BCUT2D eigenvalue weighted by atomic mass is 9.97. The van der Waals surface area contributed by atoms with E-state index in [9.17, 15) is 0 Å². The van der Waals surface area contributed by atoms with Gasteiger partial charge in [0, 0.05) is 47.9 Å². The normalized spacial score (nSPS) is 15.0. The van der Waals surface area contributed by atoms with Crippen LogP contribution in [-0.4, -0.2) is 10.3 Å². The quantitative estimate of drug-likeness (QED) is 0.215. The summed E-state index contributed by atoms with van der Waals surface area (Å²) >= 11 is 1.84. The molecule has 0 spiro atoms. The Hall–Kier alpha value is -4.93. The Labute approximate surface area is 250 Å². The largest absolute Gasteiger partial charge is 0.346 e. The van der Waals surface area contributed by atoms with Crippen molar-refractivity contribution < 1.29 is 0 Å². The van der Waals surface area contributed by atoms with Crippen LogP contribution < -0.4 is 5.32 Å². The van der Waals surface area contributed by atoms with Crippen LogP contribution in [0.2, 0.25) is 0 Å². The second-order valence-electron chi connectivity index (χ2n) is 10.4. The van der Waals surface area contributed by atoms with E-state index in [1.54, 1.807) is 0 Å². The monoisotopic (exact) mass is 561 g/mol. The van der Waals surface area contributed by atoms with Crippen molar-refractivity contribution in [1.29, 1.82) is 0 Å². The number of rotatable bonds is 6. The van der Waals surface area contributed by atoms with Crippen LogP contribution in [0.4, 0.5) is 5.69 Å². The molecule has 42 heavy (non-hydrogen) atoms. The lowest BCUT2D eigenvalue weighted by Gasteiger charge is -2.28. The van der Waals surface area contributed by atoms with E-state index in [1.807, 2.05) is 30.4 Å². The van der Waals surface area contributed by atoms with E-state index in [2.05, 4.69) is 133 Å². The highest BCUT2D eigenvalue weighted by molar-refractivity contribution is 7.25. The van der Waals surface area contributed by atoms with Gasteiger partial charge in [-0.3, -0.25) is 0 Å². The third-order valence-electron chi connectivity index (χ3n) is 8.02. The van der Waals surface area contributed by atoms with Crippen LogP contribution >= 0.6 is 11.3 Å². The molecule has 0 aliphatic carbocycles. The fourth-order valence-corrected chi connectivity index (χ4v) is 7.31. The molecule has 0 bridgehead atoms. The topological polar surface area (TPSA) is 29.3 Å². The van der Waals surface area contributed by atoms with Crippen molar-refractivity contribution in [2.24, 2.45) is 4.99 Å². The van der Waals surface area contributed by atoms with Crippen molar-refractivity contribution in [2.75, 3.05) is 5.32 Å². The number of benzene rings is 4. The molecule has 1 aliphatic rings. The molecule has 0 radical (unpaired) electrons. The van der Waals surface area contributed by atoms with Crippen molar-refractivity contribution in [3.05, 3.63) is 138 Å². The summed E-state index contributed by atoms with van der Waals surface area (Å²) in [4.78, 5) is 5.46. The Morgan fingerprint density at radius 3 is 2.40 bits per heavy atom. The first kappa shape index (κ1) is 26.0. The summed E-state index contributed by atoms with van der Waals surface area (Å²) in [6.45, 7) is 12.4. The van der Waals surface area contributed by atoms with Gasteiger partial charge in [-0.1, -0.05) is 92.1 Å². The van der Waals surface area contributed by atoms with Crippen LogP contribution in [0.5, 0.6) is 0 Å². The lowest BCUT2D eigenvalue weighted by Crippen LogP contribution is -2.25. The number of hydrogen-bond donors (Lipinski definition) is 1. The van der Waals surface area contributed by atoms with Gasteiger partial charge in [0.2, 0.25) is 6.29 Å². The predicted molar refractivity (Wildman–Crippen MR) is 186 cm³/mol. The van der Waals surface area contributed by atoms with Crippen LogP contribution in [0, 0.1) is 0 Å². The molecule has 4 aromatic carbocycles. The average Bonchev–Trinajstić information content (AvgIpc) is 3.56. The van der Waals surface area contributed by atoms with Gasteiger partial charge < -0.3 is 9.88 Å². The SMILES string of the molecule is C=Cc1ccc2c(c(C=C)c(/C=C\C)n2C2N=C(c3ccc4sc5ccccc5c4c3)c3ccccc3N2)c1/C=C\C. The Morgan fingerprint density at radius 1 is 0.810 bits per heavy atom. The number of allylic oxidation sites excluding steroid dienone is 2.